The van der Waals surface area contributed by atoms with Crippen LogP contribution in [-0.4, -0.2) is 23.8 Å². The highest BCUT2D eigenvalue weighted by atomic mass is 16.5. The van der Waals surface area contributed by atoms with E-state index in [-0.39, 0.29) is 11.9 Å². The monoisotopic (exact) mass is 264 g/mol. The summed E-state index contributed by atoms with van der Waals surface area (Å²) in [4.78, 5) is 12.3. The van der Waals surface area contributed by atoms with Crippen LogP contribution < -0.4 is 0 Å². The molecule has 1 N–H and O–H groups in total. The van der Waals surface area contributed by atoms with Crippen molar-refractivity contribution in [2.45, 2.75) is 44.1 Å². The Balaban J connectivity index is 2.35. The fraction of sp³-hybridized carbons (Fsp3) is 0.688. The van der Waals surface area contributed by atoms with Gasteiger partial charge < -0.3 is 9.84 Å². The predicted molar refractivity (Wildman–Crippen MR) is 74.5 cm³/mol. The van der Waals surface area contributed by atoms with Gasteiger partial charge in [0.2, 0.25) is 0 Å². The molecular weight excluding hydrogens is 240 g/mol. The number of carbonyl (C=O) groups excluding carboxylic acids is 1. The van der Waals surface area contributed by atoms with Crippen LogP contribution in [0.25, 0.3) is 0 Å². The van der Waals surface area contributed by atoms with Crippen LogP contribution in [0.1, 0.15) is 38.5 Å². The average Bonchev–Trinajstić information content (AvgIpc) is 2.88. The highest BCUT2D eigenvalue weighted by Crippen LogP contribution is 2.61. The van der Waals surface area contributed by atoms with Crippen molar-refractivity contribution in [2.24, 2.45) is 17.3 Å². The quantitative estimate of drug-likeness (QED) is 0.613. The first-order chi connectivity index (χ1) is 9.04. The Bertz CT molecular complexity index is 389. The van der Waals surface area contributed by atoms with E-state index in [0.717, 1.165) is 25.7 Å². The Hall–Kier alpha value is -1.09. The number of fused-ring (bicyclic) bond motifs is 1. The molecular formula is C16H24O3. The molecule has 0 aromatic carbocycles. The molecule has 106 valence electrons. The van der Waals surface area contributed by atoms with Crippen LogP contribution in [0.4, 0.5) is 0 Å². The summed E-state index contributed by atoms with van der Waals surface area (Å²) in [6.45, 7) is 7.56. The first-order valence-electron chi connectivity index (χ1n) is 7.08. The zero-order valence-corrected chi connectivity index (χ0v) is 11.7. The summed E-state index contributed by atoms with van der Waals surface area (Å²) in [5.74, 6) is 0.242. The maximum absolute atomic E-state index is 12.3. The molecule has 2 saturated carbocycles. The fourth-order valence-corrected chi connectivity index (χ4v) is 4.24. The van der Waals surface area contributed by atoms with Crippen LogP contribution >= 0.6 is 0 Å². The summed E-state index contributed by atoms with van der Waals surface area (Å²) in [7, 11) is 1.41. The summed E-state index contributed by atoms with van der Waals surface area (Å²) < 4.78 is 5.02. The molecule has 0 heterocycles. The number of hydrogen-bond acceptors (Lipinski definition) is 3. The van der Waals surface area contributed by atoms with Gasteiger partial charge in [-0.1, -0.05) is 12.2 Å². The van der Waals surface area contributed by atoms with Gasteiger partial charge in [0.05, 0.1) is 18.1 Å². The van der Waals surface area contributed by atoms with E-state index in [4.69, 9.17) is 4.74 Å². The van der Waals surface area contributed by atoms with E-state index in [9.17, 15) is 9.90 Å². The minimum atomic E-state index is -0.929. The highest BCUT2D eigenvalue weighted by Gasteiger charge is 2.66. The maximum Gasteiger partial charge on any atom is 0.314 e. The Morgan fingerprint density at radius 3 is 2.84 bits per heavy atom. The van der Waals surface area contributed by atoms with E-state index < -0.39 is 11.0 Å². The summed E-state index contributed by atoms with van der Waals surface area (Å²) in [5, 5.41) is 11.2. The Kier molecular flexibility index (Phi) is 3.86. The van der Waals surface area contributed by atoms with Gasteiger partial charge in [0.25, 0.3) is 0 Å². The number of hydrogen-bond donors (Lipinski definition) is 1. The average molecular weight is 264 g/mol. The molecule has 0 bridgehead atoms. The molecule has 0 aromatic heterocycles. The lowest BCUT2D eigenvalue weighted by atomic mass is 9.68. The van der Waals surface area contributed by atoms with Crippen molar-refractivity contribution in [1.29, 1.82) is 0 Å². The molecule has 2 rings (SSSR count). The first kappa shape index (κ1) is 14.3. The summed E-state index contributed by atoms with van der Waals surface area (Å²) in [5.41, 5.74) is -1.68. The van der Waals surface area contributed by atoms with Crippen molar-refractivity contribution in [1.82, 2.24) is 0 Å². The standard InChI is InChI=1S/C16H24O3/c1-4-6-8-15(14(17)19-3)9-7-13-10-12(5-2)11-16(13,15)18/h4-5,12-13,18H,1-2,6-11H2,3H3/t12-,13+,15+,16+/m0/s1. The Morgan fingerprint density at radius 2 is 2.26 bits per heavy atom. The molecule has 2 aliphatic carbocycles. The third-order valence-electron chi connectivity index (χ3n) is 5.27. The minimum absolute atomic E-state index is 0.194. The highest BCUT2D eigenvalue weighted by molar-refractivity contribution is 5.79. The van der Waals surface area contributed by atoms with E-state index in [1.54, 1.807) is 6.08 Å². The molecule has 0 aromatic rings. The molecule has 3 nitrogen and oxygen atoms in total. The molecule has 2 fully saturated rings. The lowest BCUT2D eigenvalue weighted by Crippen LogP contribution is -2.51. The van der Waals surface area contributed by atoms with E-state index in [1.165, 1.54) is 7.11 Å². The second-order valence-electron chi connectivity index (χ2n) is 6.00. The van der Waals surface area contributed by atoms with Gasteiger partial charge in [-0.15, -0.1) is 13.2 Å². The summed E-state index contributed by atoms with van der Waals surface area (Å²) in [6.07, 6.45) is 8.25. The molecule has 19 heavy (non-hydrogen) atoms. The molecule has 3 heteroatoms. The van der Waals surface area contributed by atoms with Gasteiger partial charge in [-0.2, -0.15) is 0 Å². The van der Waals surface area contributed by atoms with E-state index >= 15 is 0 Å². The molecule has 0 spiro atoms. The zero-order valence-electron chi connectivity index (χ0n) is 11.7. The van der Waals surface area contributed by atoms with Crippen LogP contribution in [0.5, 0.6) is 0 Å². The van der Waals surface area contributed by atoms with Gasteiger partial charge in [-0.05, 0) is 50.4 Å². The number of aliphatic hydroxyl groups is 1. The van der Waals surface area contributed by atoms with Crippen LogP contribution in [-0.2, 0) is 9.53 Å². The largest absolute Gasteiger partial charge is 0.469 e. The number of methoxy groups -OCH3 is 1. The summed E-state index contributed by atoms with van der Waals surface area (Å²) >= 11 is 0. The Morgan fingerprint density at radius 1 is 1.53 bits per heavy atom. The third kappa shape index (κ3) is 1.95. The van der Waals surface area contributed by atoms with Crippen LogP contribution in [0.15, 0.2) is 25.3 Å². The van der Waals surface area contributed by atoms with Crippen molar-refractivity contribution < 1.29 is 14.6 Å². The second-order valence-corrected chi connectivity index (χ2v) is 6.00. The van der Waals surface area contributed by atoms with Crippen molar-refractivity contribution in [2.75, 3.05) is 7.11 Å². The summed E-state index contributed by atoms with van der Waals surface area (Å²) in [6, 6.07) is 0. The Labute approximate surface area is 115 Å². The predicted octanol–water partition coefficient (Wildman–Crippen LogP) is 2.85. The van der Waals surface area contributed by atoms with Gasteiger partial charge in [-0.25, -0.2) is 0 Å². The van der Waals surface area contributed by atoms with E-state index in [2.05, 4.69) is 13.2 Å². The van der Waals surface area contributed by atoms with Crippen molar-refractivity contribution in [3.63, 3.8) is 0 Å². The van der Waals surface area contributed by atoms with Gasteiger partial charge in [0, 0.05) is 0 Å². The van der Waals surface area contributed by atoms with Crippen molar-refractivity contribution >= 4 is 5.97 Å². The van der Waals surface area contributed by atoms with Gasteiger partial charge >= 0.3 is 5.97 Å². The third-order valence-corrected chi connectivity index (χ3v) is 5.27. The van der Waals surface area contributed by atoms with E-state index in [1.807, 2.05) is 6.08 Å². The number of carbonyl (C=O) groups is 1. The van der Waals surface area contributed by atoms with Crippen molar-refractivity contribution in [3.05, 3.63) is 25.3 Å². The number of esters is 1. The molecule has 0 unspecified atom stereocenters. The molecule has 0 amide bonds. The van der Waals surface area contributed by atoms with Crippen molar-refractivity contribution in [3.8, 4) is 0 Å². The smallest absolute Gasteiger partial charge is 0.314 e. The van der Waals surface area contributed by atoms with Crippen LogP contribution in [0.2, 0.25) is 0 Å². The minimum Gasteiger partial charge on any atom is -0.469 e. The topological polar surface area (TPSA) is 46.5 Å². The molecule has 0 radical (unpaired) electrons. The normalized spacial score (nSPS) is 40.7. The fourth-order valence-electron chi connectivity index (χ4n) is 4.24. The lowest BCUT2D eigenvalue weighted by Gasteiger charge is -2.40. The lowest BCUT2D eigenvalue weighted by molar-refractivity contribution is -0.172. The molecule has 0 aliphatic heterocycles. The van der Waals surface area contributed by atoms with Crippen LogP contribution in [0.3, 0.4) is 0 Å². The van der Waals surface area contributed by atoms with Crippen LogP contribution in [0, 0.1) is 17.3 Å². The van der Waals surface area contributed by atoms with Gasteiger partial charge in [-0.3, -0.25) is 4.79 Å². The number of ether oxygens (including phenoxy) is 1. The second kappa shape index (κ2) is 5.12. The van der Waals surface area contributed by atoms with Gasteiger partial charge in [0.15, 0.2) is 0 Å². The molecule has 4 atom stereocenters. The van der Waals surface area contributed by atoms with E-state index in [0.29, 0.717) is 18.8 Å². The molecule has 0 saturated heterocycles. The maximum atomic E-state index is 12.3. The first-order valence-corrected chi connectivity index (χ1v) is 7.08. The molecule has 2 aliphatic rings. The number of allylic oxidation sites excluding steroid dienone is 2. The number of rotatable bonds is 5. The zero-order chi connectivity index (χ0) is 14.1. The van der Waals surface area contributed by atoms with Gasteiger partial charge in [0.1, 0.15) is 0 Å². The SMILES string of the molecule is C=CCC[C@]1(C(=O)OC)CC[C@@H]2C[C@H](C=C)C[C@@]21O.